The summed E-state index contributed by atoms with van der Waals surface area (Å²) in [6, 6.07) is 18.6. The minimum absolute atomic E-state index is 0.00944. The van der Waals surface area contributed by atoms with Crippen molar-refractivity contribution in [2.45, 2.75) is 43.2 Å². The van der Waals surface area contributed by atoms with Crippen LogP contribution in [0.3, 0.4) is 0 Å². The van der Waals surface area contributed by atoms with Crippen LogP contribution in [-0.4, -0.2) is 48.0 Å². The van der Waals surface area contributed by atoms with Gasteiger partial charge in [0, 0.05) is 28.3 Å². The van der Waals surface area contributed by atoms with Crippen molar-refractivity contribution in [2.24, 2.45) is 0 Å². The largest absolute Gasteiger partial charge is 0.330 e. The number of benzene rings is 2. The Kier molecular flexibility index (Phi) is 5.81. The van der Waals surface area contributed by atoms with E-state index in [1.54, 1.807) is 4.90 Å². The van der Waals surface area contributed by atoms with Gasteiger partial charge in [-0.25, -0.2) is 9.78 Å². The summed E-state index contributed by atoms with van der Waals surface area (Å²) < 4.78 is 0. The van der Waals surface area contributed by atoms with E-state index in [-0.39, 0.29) is 23.0 Å². The van der Waals surface area contributed by atoms with Crippen molar-refractivity contribution in [1.29, 1.82) is 0 Å². The molecule has 3 amide bonds. The van der Waals surface area contributed by atoms with E-state index >= 15 is 0 Å². The molecule has 1 spiro atoms. The van der Waals surface area contributed by atoms with Crippen LogP contribution < -0.4 is 20.8 Å². The molecule has 0 radical (unpaired) electrons. The summed E-state index contributed by atoms with van der Waals surface area (Å²) in [6.45, 7) is 0.608. The maximum Gasteiger partial charge on any atom is 0.323 e. The Balaban J connectivity index is 1.23. The van der Waals surface area contributed by atoms with Crippen molar-refractivity contribution in [2.75, 3.05) is 30.9 Å². The summed E-state index contributed by atoms with van der Waals surface area (Å²) >= 11 is 0. The number of hydrogen-bond acceptors (Lipinski definition) is 4. The van der Waals surface area contributed by atoms with Gasteiger partial charge in [-0.2, -0.15) is 0 Å². The average Bonchev–Trinajstić information content (AvgIpc) is 3.43. The standard InChI is InChI=1S/C29H32N5O2P/c1-33(2)29(20-7-4-3-5-8-20)13-11-28(12-14-29)18-34(27(36)32-28)26-24(37)15-19(17-30-26)21-9-6-10-23-22(21)16-25(35)31-23/h3-10,15,17H,11-14,16,18,37H2,1-2H3,(H,31,35)(H,32,36)/t28-,29+. The number of nitrogens with zero attached hydrogens (tertiary/aromatic N) is 3. The number of rotatable bonds is 4. The number of aromatic nitrogens is 1. The summed E-state index contributed by atoms with van der Waals surface area (Å²) in [5.74, 6) is 0.674. The quantitative estimate of drug-likeness (QED) is 0.517. The molecule has 2 N–H and O–H groups in total. The average molecular weight is 514 g/mol. The third-order valence-electron chi connectivity index (χ3n) is 8.53. The van der Waals surface area contributed by atoms with Crippen LogP contribution in [0.25, 0.3) is 11.1 Å². The van der Waals surface area contributed by atoms with Crippen LogP contribution in [0.1, 0.15) is 36.8 Å². The molecular formula is C29H32N5O2P. The minimum atomic E-state index is -0.255. The van der Waals surface area contributed by atoms with Crippen LogP contribution in [-0.2, 0) is 16.8 Å². The van der Waals surface area contributed by atoms with Gasteiger partial charge in [-0.3, -0.25) is 14.6 Å². The highest BCUT2D eigenvalue weighted by molar-refractivity contribution is 7.28. The number of fused-ring (bicyclic) bond motifs is 1. The molecule has 8 heteroatoms. The number of nitrogens with one attached hydrogen (secondary N) is 2. The van der Waals surface area contributed by atoms with Gasteiger partial charge in [-0.15, -0.1) is 9.24 Å². The zero-order valence-corrected chi connectivity index (χ0v) is 22.4. The second-order valence-electron chi connectivity index (χ2n) is 10.8. The highest BCUT2D eigenvalue weighted by Crippen LogP contribution is 2.46. The molecule has 2 fully saturated rings. The molecule has 1 atom stereocenters. The summed E-state index contributed by atoms with van der Waals surface area (Å²) in [6.07, 6.45) is 5.95. The van der Waals surface area contributed by atoms with Crippen molar-refractivity contribution >= 4 is 38.0 Å². The van der Waals surface area contributed by atoms with Crippen molar-refractivity contribution in [3.63, 3.8) is 0 Å². The maximum atomic E-state index is 13.2. The number of urea groups is 1. The van der Waals surface area contributed by atoms with Crippen molar-refractivity contribution in [3.05, 3.63) is 71.9 Å². The first-order chi connectivity index (χ1) is 17.8. The fraction of sp³-hybridized carbons (Fsp3) is 0.345. The van der Waals surface area contributed by atoms with Gasteiger partial charge in [0.25, 0.3) is 0 Å². The van der Waals surface area contributed by atoms with Gasteiger partial charge >= 0.3 is 6.03 Å². The molecule has 1 aromatic heterocycles. The summed E-state index contributed by atoms with van der Waals surface area (Å²) in [7, 11) is 7.06. The van der Waals surface area contributed by atoms with Crippen molar-refractivity contribution in [1.82, 2.24) is 15.2 Å². The molecule has 3 aromatic rings. The van der Waals surface area contributed by atoms with Gasteiger partial charge in [0.15, 0.2) is 0 Å². The van der Waals surface area contributed by atoms with Gasteiger partial charge < -0.3 is 10.6 Å². The first kappa shape index (κ1) is 24.1. The van der Waals surface area contributed by atoms with E-state index in [1.165, 1.54) is 5.56 Å². The molecule has 3 aliphatic rings. The number of carbonyl (C=O) groups excluding carboxylic acids is 2. The Labute approximate surface area is 219 Å². The van der Waals surface area contributed by atoms with E-state index in [0.717, 1.165) is 53.4 Å². The number of hydrogen-bond donors (Lipinski definition) is 2. The molecule has 7 nitrogen and oxygen atoms in total. The predicted octanol–water partition coefficient (Wildman–Crippen LogP) is 4.04. The summed E-state index contributed by atoms with van der Waals surface area (Å²) in [5.41, 5.74) is 4.85. The lowest BCUT2D eigenvalue weighted by Crippen LogP contribution is -2.54. The van der Waals surface area contributed by atoms with Crippen molar-refractivity contribution in [3.8, 4) is 11.1 Å². The Bertz CT molecular complexity index is 1380. The van der Waals surface area contributed by atoms with Crippen LogP contribution in [0.4, 0.5) is 16.3 Å². The summed E-state index contributed by atoms with van der Waals surface area (Å²) in [4.78, 5) is 34.0. The van der Waals surface area contributed by atoms with Crippen LogP contribution in [0, 0.1) is 0 Å². The zero-order chi connectivity index (χ0) is 25.8. The SMILES string of the molecule is CN(C)[C@]1(c2ccccc2)CC[C@]2(CC1)CN(c1ncc(-c3cccc4c3CC(=O)N4)cc1P)C(=O)N2. The Morgan fingerprint density at radius 1 is 1.00 bits per heavy atom. The van der Waals surface area contributed by atoms with Crippen LogP contribution >= 0.6 is 9.24 Å². The van der Waals surface area contributed by atoms with Crippen LogP contribution in [0.2, 0.25) is 0 Å². The molecule has 0 bridgehead atoms. The molecule has 2 aliphatic heterocycles. The van der Waals surface area contributed by atoms with Gasteiger partial charge in [0.05, 0.1) is 18.5 Å². The van der Waals surface area contributed by atoms with E-state index in [9.17, 15) is 9.59 Å². The number of amides is 3. The maximum absolute atomic E-state index is 13.2. The second-order valence-corrected chi connectivity index (χ2v) is 11.4. The highest BCUT2D eigenvalue weighted by Gasteiger charge is 2.50. The molecule has 3 heterocycles. The highest BCUT2D eigenvalue weighted by atomic mass is 31.0. The van der Waals surface area contributed by atoms with E-state index in [1.807, 2.05) is 30.5 Å². The van der Waals surface area contributed by atoms with E-state index in [0.29, 0.717) is 18.8 Å². The molecule has 1 aliphatic carbocycles. The van der Waals surface area contributed by atoms with Crippen LogP contribution in [0.15, 0.2) is 60.8 Å². The lowest BCUT2D eigenvalue weighted by atomic mass is 9.69. The van der Waals surface area contributed by atoms with Crippen LogP contribution in [0.5, 0.6) is 0 Å². The molecule has 1 saturated carbocycles. The van der Waals surface area contributed by atoms with E-state index in [2.05, 4.69) is 69.2 Å². The first-order valence-electron chi connectivity index (χ1n) is 12.8. The van der Waals surface area contributed by atoms with Gasteiger partial charge in [0.1, 0.15) is 5.82 Å². The lowest BCUT2D eigenvalue weighted by Gasteiger charge is -2.48. The molecule has 1 unspecified atom stereocenters. The topological polar surface area (TPSA) is 77.6 Å². The van der Waals surface area contributed by atoms with E-state index in [4.69, 9.17) is 4.98 Å². The number of pyridine rings is 1. The molecule has 37 heavy (non-hydrogen) atoms. The Morgan fingerprint density at radius 2 is 1.76 bits per heavy atom. The zero-order valence-electron chi connectivity index (χ0n) is 21.3. The molecule has 6 rings (SSSR count). The Morgan fingerprint density at radius 3 is 2.46 bits per heavy atom. The third-order valence-corrected chi connectivity index (χ3v) is 8.95. The van der Waals surface area contributed by atoms with Gasteiger partial charge in [0.2, 0.25) is 5.91 Å². The normalized spacial score (nSPS) is 24.9. The molecule has 2 aromatic carbocycles. The Hall–Kier alpha value is -3.28. The number of carbonyl (C=O) groups is 2. The third kappa shape index (κ3) is 4.01. The minimum Gasteiger partial charge on any atom is -0.330 e. The molecular weight excluding hydrogens is 481 g/mol. The molecule has 1 saturated heterocycles. The number of anilines is 2. The monoisotopic (exact) mass is 513 g/mol. The summed E-state index contributed by atoms with van der Waals surface area (Å²) in [5, 5.41) is 7.11. The first-order valence-corrected chi connectivity index (χ1v) is 13.4. The van der Waals surface area contributed by atoms with E-state index < -0.39 is 0 Å². The fourth-order valence-electron chi connectivity index (χ4n) is 6.41. The predicted molar refractivity (Wildman–Crippen MR) is 150 cm³/mol. The molecule has 190 valence electrons. The fourth-order valence-corrected chi connectivity index (χ4v) is 6.82. The lowest BCUT2D eigenvalue weighted by molar-refractivity contribution is -0.115. The second kappa shape index (κ2) is 8.93. The van der Waals surface area contributed by atoms with Crippen molar-refractivity contribution < 1.29 is 9.59 Å². The smallest absolute Gasteiger partial charge is 0.323 e. The van der Waals surface area contributed by atoms with Gasteiger partial charge in [-0.05, 0) is 68.6 Å². The van der Waals surface area contributed by atoms with Gasteiger partial charge in [-0.1, -0.05) is 42.5 Å².